The summed E-state index contributed by atoms with van der Waals surface area (Å²) in [5.74, 6) is 0.481. The molecule has 0 atom stereocenters. The van der Waals surface area contributed by atoms with Crippen LogP contribution in [-0.4, -0.2) is 9.38 Å². The molecule has 0 fully saturated rings. The van der Waals surface area contributed by atoms with Crippen molar-refractivity contribution in [3.05, 3.63) is 65.9 Å². The van der Waals surface area contributed by atoms with Gasteiger partial charge in [-0.15, -0.1) is 0 Å². The summed E-state index contributed by atoms with van der Waals surface area (Å²) in [6, 6.07) is 10.1. The Morgan fingerprint density at radius 1 is 1.21 bits per heavy atom. The minimum Gasteiger partial charge on any atom is -0.485 e. The lowest BCUT2D eigenvalue weighted by Gasteiger charge is -2.07. The molecule has 0 amide bonds. The highest BCUT2D eigenvalue weighted by Crippen LogP contribution is 2.20. The van der Waals surface area contributed by atoms with E-state index < -0.39 is 0 Å². The molecule has 19 heavy (non-hydrogen) atoms. The molecule has 2 heterocycles. The van der Waals surface area contributed by atoms with Gasteiger partial charge in [0, 0.05) is 12.4 Å². The molecule has 3 aromatic rings. The summed E-state index contributed by atoms with van der Waals surface area (Å²) in [6.45, 7) is 2.34. The first-order chi connectivity index (χ1) is 9.22. The number of pyridine rings is 1. The van der Waals surface area contributed by atoms with Crippen molar-refractivity contribution in [1.82, 2.24) is 9.38 Å². The molecule has 0 radical (unpaired) electrons. The Morgan fingerprint density at radius 2 is 2.00 bits per heavy atom. The molecule has 2 aromatic heterocycles. The molecular weight excluding hydrogens is 243 g/mol. The van der Waals surface area contributed by atoms with Crippen LogP contribution in [0.3, 0.4) is 0 Å². The van der Waals surface area contributed by atoms with Gasteiger partial charge in [0.2, 0.25) is 0 Å². The van der Waals surface area contributed by atoms with E-state index in [4.69, 9.17) is 4.74 Å². The smallest absolute Gasteiger partial charge is 0.179 e. The van der Waals surface area contributed by atoms with Crippen LogP contribution in [-0.2, 0) is 6.61 Å². The van der Waals surface area contributed by atoms with Gasteiger partial charge < -0.3 is 9.14 Å². The van der Waals surface area contributed by atoms with E-state index in [1.54, 1.807) is 12.1 Å². The van der Waals surface area contributed by atoms with E-state index in [-0.39, 0.29) is 5.82 Å². The van der Waals surface area contributed by atoms with Crippen molar-refractivity contribution in [2.24, 2.45) is 0 Å². The number of benzene rings is 1. The zero-order valence-corrected chi connectivity index (χ0v) is 10.5. The number of imidazole rings is 1. The Morgan fingerprint density at radius 3 is 2.79 bits per heavy atom. The van der Waals surface area contributed by atoms with Crippen molar-refractivity contribution in [1.29, 1.82) is 0 Å². The number of halogens is 1. The second kappa shape index (κ2) is 4.72. The van der Waals surface area contributed by atoms with Crippen molar-refractivity contribution < 1.29 is 9.13 Å². The van der Waals surface area contributed by atoms with Crippen LogP contribution in [0.25, 0.3) is 5.65 Å². The molecule has 0 aliphatic rings. The predicted octanol–water partition coefficient (Wildman–Crippen LogP) is 3.36. The number of rotatable bonds is 3. The van der Waals surface area contributed by atoms with Crippen LogP contribution < -0.4 is 4.74 Å². The molecule has 0 N–H and O–H groups in total. The summed E-state index contributed by atoms with van der Waals surface area (Å²) in [4.78, 5) is 4.42. The van der Waals surface area contributed by atoms with Crippen molar-refractivity contribution in [3.8, 4) is 5.75 Å². The molecule has 0 unspecified atom stereocenters. The lowest BCUT2D eigenvalue weighted by molar-refractivity contribution is 0.308. The van der Waals surface area contributed by atoms with Crippen molar-refractivity contribution in [2.45, 2.75) is 13.5 Å². The van der Waals surface area contributed by atoms with Crippen LogP contribution in [0, 0.1) is 12.7 Å². The Hall–Kier alpha value is -2.36. The van der Waals surface area contributed by atoms with Gasteiger partial charge >= 0.3 is 0 Å². The lowest BCUT2D eigenvalue weighted by atomic mass is 10.2. The maximum absolute atomic E-state index is 12.8. The summed E-state index contributed by atoms with van der Waals surface area (Å²) in [5, 5.41) is 0. The molecule has 0 bridgehead atoms. The van der Waals surface area contributed by atoms with Gasteiger partial charge in [0.05, 0.1) is 5.69 Å². The first-order valence-electron chi connectivity index (χ1n) is 6.04. The number of fused-ring (bicyclic) bond motifs is 1. The van der Waals surface area contributed by atoms with Crippen molar-refractivity contribution >= 4 is 5.65 Å². The van der Waals surface area contributed by atoms with E-state index in [2.05, 4.69) is 4.98 Å². The quantitative estimate of drug-likeness (QED) is 0.718. The van der Waals surface area contributed by atoms with Crippen LogP contribution in [0.4, 0.5) is 4.39 Å². The topological polar surface area (TPSA) is 26.5 Å². The predicted molar refractivity (Wildman–Crippen MR) is 70.7 cm³/mol. The largest absolute Gasteiger partial charge is 0.485 e. The Labute approximate surface area is 110 Å². The zero-order valence-electron chi connectivity index (χ0n) is 10.5. The Balaban J connectivity index is 1.83. The van der Waals surface area contributed by atoms with Crippen LogP contribution >= 0.6 is 0 Å². The first kappa shape index (κ1) is 11.7. The first-order valence-corrected chi connectivity index (χ1v) is 6.04. The van der Waals surface area contributed by atoms with E-state index in [9.17, 15) is 4.39 Å². The molecular formula is C15H13FN2O. The molecule has 3 rings (SSSR count). The highest BCUT2D eigenvalue weighted by Gasteiger charge is 2.05. The zero-order chi connectivity index (χ0) is 13.2. The second-order valence-corrected chi connectivity index (χ2v) is 4.40. The molecule has 96 valence electrons. The van der Waals surface area contributed by atoms with Gasteiger partial charge in [-0.25, -0.2) is 9.37 Å². The third-order valence-electron chi connectivity index (χ3n) is 2.87. The number of nitrogens with zero attached hydrogens (tertiary/aromatic N) is 2. The van der Waals surface area contributed by atoms with Crippen LogP contribution in [0.15, 0.2) is 48.8 Å². The fourth-order valence-electron chi connectivity index (χ4n) is 1.96. The number of hydrogen-bond acceptors (Lipinski definition) is 2. The number of aromatic nitrogens is 2. The molecule has 3 nitrogen and oxygen atoms in total. The second-order valence-electron chi connectivity index (χ2n) is 4.40. The normalized spacial score (nSPS) is 10.8. The van der Waals surface area contributed by atoms with Gasteiger partial charge in [0.15, 0.2) is 11.4 Å². The van der Waals surface area contributed by atoms with E-state index >= 15 is 0 Å². The molecule has 0 aliphatic carbocycles. The van der Waals surface area contributed by atoms with Gasteiger partial charge in [-0.05, 0) is 36.8 Å². The SMILES string of the molecule is Cc1cn2cccc(OCc3ccc(F)cc3)c2n1. The van der Waals surface area contributed by atoms with E-state index in [1.807, 2.05) is 35.9 Å². The minimum atomic E-state index is -0.241. The average molecular weight is 256 g/mol. The molecule has 0 saturated carbocycles. The van der Waals surface area contributed by atoms with Gasteiger partial charge in [0.1, 0.15) is 12.4 Å². The highest BCUT2D eigenvalue weighted by molar-refractivity contribution is 5.54. The molecule has 0 aliphatic heterocycles. The maximum atomic E-state index is 12.8. The van der Waals surface area contributed by atoms with Crippen LogP contribution in [0.2, 0.25) is 0 Å². The standard InChI is InChI=1S/C15H13FN2O/c1-11-9-18-8-2-3-14(15(18)17-11)19-10-12-4-6-13(16)7-5-12/h2-9H,10H2,1H3. The Bertz CT molecular complexity index is 704. The lowest BCUT2D eigenvalue weighted by Crippen LogP contribution is -1.97. The van der Waals surface area contributed by atoms with Crippen LogP contribution in [0.5, 0.6) is 5.75 Å². The van der Waals surface area contributed by atoms with Gasteiger partial charge in [-0.3, -0.25) is 0 Å². The molecule has 0 spiro atoms. The summed E-state index contributed by atoms with van der Waals surface area (Å²) >= 11 is 0. The summed E-state index contributed by atoms with van der Waals surface area (Å²) in [5.41, 5.74) is 2.66. The van der Waals surface area contributed by atoms with Crippen molar-refractivity contribution in [3.63, 3.8) is 0 Å². The van der Waals surface area contributed by atoms with Gasteiger partial charge in [-0.2, -0.15) is 0 Å². The maximum Gasteiger partial charge on any atom is 0.179 e. The molecule has 4 heteroatoms. The number of hydrogen-bond donors (Lipinski definition) is 0. The van der Waals surface area contributed by atoms with Gasteiger partial charge in [0.25, 0.3) is 0 Å². The number of ether oxygens (including phenoxy) is 1. The summed E-state index contributed by atoms with van der Waals surface area (Å²) in [6.07, 6.45) is 3.88. The summed E-state index contributed by atoms with van der Waals surface area (Å²) < 4.78 is 20.5. The van der Waals surface area contributed by atoms with E-state index in [0.29, 0.717) is 6.61 Å². The molecule has 1 aromatic carbocycles. The fraction of sp³-hybridized carbons (Fsp3) is 0.133. The fourth-order valence-corrected chi connectivity index (χ4v) is 1.96. The Kier molecular flexibility index (Phi) is 2.91. The van der Waals surface area contributed by atoms with Crippen molar-refractivity contribution in [2.75, 3.05) is 0 Å². The van der Waals surface area contributed by atoms with Gasteiger partial charge in [-0.1, -0.05) is 12.1 Å². The average Bonchev–Trinajstić information content (AvgIpc) is 2.79. The monoisotopic (exact) mass is 256 g/mol. The third kappa shape index (κ3) is 2.42. The minimum absolute atomic E-state index is 0.241. The van der Waals surface area contributed by atoms with Crippen LogP contribution in [0.1, 0.15) is 11.3 Å². The molecule has 0 saturated heterocycles. The van der Waals surface area contributed by atoms with E-state index in [1.165, 1.54) is 12.1 Å². The van der Waals surface area contributed by atoms with E-state index in [0.717, 1.165) is 22.7 Å². The summed E-state index contributed by atoms with van der Waals surface area (Å²) in [7, 11) is 0. The third-order valence-corrected chi connectivity index (χ3v) is 2.87. The highest BCUT2D eigenvalue weighted by atomic mass is 19.1. The number of aryl methyl sites for hydroxylation is 1.